The van der Waals surface area contributed by atoms with E-state index in [9.17, 15) is 24.5 Å². The highest BCUT2D eigenvalue weighted by atomic mass is 35.5. The molecule has 0 saturated carbocycles. The summed E-state index contributed by atoms with van der Waals surface area (Å²) in [4.78, 5) is 46.4. The highest BCUT2D eigenvalue weighted by molar-refractivity contribution is 6.33. The first-order valence-electron chi connectivity index (χ1n) is 8.37. The fourth-order valence-electron chi connectivity index (χ4n) is 2.57. The SMILES string of the molecule is CCOC(=O)C1=C(COC(=O)c2ccc([N+](=O)[O-])cc2Cl)NC(=O)N[C@@H]1CC. The van der Waals surface area contributed by atoms with Gasteiger partial charge in [-0.25, -0.2) is 14.4 Å². The lowest BCUT2D eigenvalue weighted by atomic mass is 10.0. The van der Waals surface area contributed by atoms with Gasteiger partial charge in [-0.1, -0.05) is 18.5 Å². The van der Waals surface area contributed by atoms with Gasteiger partial charge in [-0.15, -0.1) is 0 Å². The van der Waals surface area contributed by atoms with Crippen LogP contribution in [-0.4, -0.2) is 42.1 Å². The van der Waals surface area contributed by atoms with E-state index in [4.69, 9.17) is 21.1 Å². The smallest absolute Gasteiger partial charge is 0.340 e. The van der Waals surface area contributed by atoms with Gasteiger partial charge in [-0.3, -0.25) is 10.1 Å². The average molecular weight is 412 g/mol. The number of nitrogens with one attached hydrogen (secondary N) is 2. The van der Waals surface area contributed by atoms with E-state index in [1.165, 1.54) is 6.07 Å². The van der Waals surface area contributed by atoms with Gasteiger partial charge in [-0.2, -0.15) is 0 Å². The third-order valence-corrected chi connectivity index (χ3v) is 4.19. The van der Waals surface area contributed by atoms with Crippen molar-refractivity contribution in [3.63, 3.8) is 0 Å². The molecule has 28 heavy (non-hydrogen) atoms. The number of carbonyl (C=O) groups excluding carboxylic acids is 3. The highest BCUT2D eigenvalue weighted by Gasteiger charge is 2.32. The molecule has 10 nitrogen and oxygen atoms in total. The van der Waals surface area contributed by atoms with E-state index >= 15 is 0 Å². The summed E-state index contributed by atoms with van der Waals surface area (Å²) in [5, 5.41) is 15.6. The molecule has 0 bridgehead atoms. The van der Waals surface area contributed by atoms with E-state index in [-0.39, 0.29) is 34.2 Å². The Morgan fingerprint density at radius 2 is 1.96 bits per heavy atom. The van der Waals surface area contributed by atoms with Crippen LogP contribution >= 0.6 is 11.6 Å². The first kappa shape index (κ1) is 21.2. The van der Waals surface area contributed by atoms with E-state index in [1.807, 2.05) is 0 Å². The van der Waals surface area contributed by atoms with Crippen LogP contribution in [-0.2, 0) is 14.3 Å². The Morgan fingerprint density at radius 3 is 2.54 bits per heavy atom. The number of hydrogen-bond donors (Lipinski definition) is 2. The minimum Gasteiger partial charge on any atom is -0.463 e. The van der Waals surface area contributed by atoms with Gasteiger partial charge in [-0.05, 0) is 19.4 Å². The van der Waals surface area contributed by atoms with Gasteiger partial charge in [0.25, 0.3) is 5.69 Å². The molecule has 2 rings (SSSR count). The number of nitro benzene ring substituents is 1. The minimum absolute atomic E-state index is 0.0853. The molecule has 1 heterocycles. The van der Waals surface area contributed by atoms with Gasteiger partial charge in [0.05, 0.1) is 39.4 Å². The van der Waals surface area contributed by atoms with Crippen LogP contribution < -0.4 is 10.6 Å². The maximum absolute atomic E-state index is 12.3. The largest absolute Gasteiger partial charge is 0.463 e. The maximum atomic E-state index is 12.3. The summed E-state index contributed by atoms with van der Waals surface area (Å²) in [6.07, 6.45) is 0.424. The molecule has 0 aliphatic carbocycles. The zero-order chi connectivity index (χ0) is 20.8. The summed E-state index contributed by atoms with van der Waals surface area (Å²) < 4.78 is 10.2. The molecule has 0 saturated heterocycles. The van der Waals surface area contributed by atoms with Gasteiger partial charge in [0.1, 0.15) is 6.61 Å². The number of benzene rings is 1. The Morgan fingerprint density at radius 1 is 1.25 bits per heavy atom. The van der Waals surface area contributed by atoms with Crippen LogP contribution in [0, 0.1) is 10.1 Å². The molecule has 0 fully saturated rings. The fraction of sp³-hybridized carbons (Fsp3) is 0.353. The van der Waals surface area contributed by atoms with Crippen molar-refractivity contribution in [3.05, 3.63) is 50.2 Å². The number of nitro groups is 1. The number of halogens is 1. The Balaban J connectivity index is 2.23. The van der Waals surface area contributed by atoms with Crippen molar-refractivity contribution in [1.29, 1.82) is 0 Å². The molecule has 2 N–H and O–H groups in total. The number of esters is 2. The van der Waals surface area contributed by atoms with Gasteiger partial charge in [0, 0.05) is 12.1 Å². The van der Waals surface area contributed by atoms with Crippen molar-refractivity contribution in [2.45, 2.75) is 26.3 Å². The monoisotopic (exact) mass is 411 g/mol. The molecule has 1 aliphatic rings. The molecule has 150 valence electrons. The highest BCUT2D eigenvalue weighted by Crippen LogP contribution is 2.24. The molecule has 0 aromatic heterocycles. The minimum atomic E-state index is -0.864. The lowest BCUT2D eigenvalue weighted by Crippen LogP contribution is -2.51. The molecule has 2 amide bonds. The van der Waals surface area contributed by atoms with E-state index in [1.54, 1.807) is 13.8 Å². The van der Waals surface area contributed by atoms with Crippen LogP contribution in [0.5, 0.6) is 0 Å². The number of non-ortho nitro benzene ring substituents is 1. The van der Waals surface area contributed by atoms with Crippen molar-refractivity contribution in [3.8, 4) is 0 Å². The number of amides is 2. The van der Waals surface area contributed by atoms with E-state index in [0.717, 1.165) is 12.1 Å². The van der Waals surface area contributed by atoms with E-state index in [0.29, 0.717) is 6.42 Å². The lowest BCUT2D eigenvalue weighted by Gasteiger charge is -2.28. The fourth-order valence-corrected chi connectivity index (χ4v) is 2.83. The van der Waals surface area contributed by atoms with Crippen molar-refractivity contribution in [2.24, 2.45) is 0 Å². The first-order chi connectivity index (χ1) is 13.3. The van der Waals surface area contributed by atoms with Crippen LogP contribution in [0.3, 0.4) is 0 Å². The third-order valence-electron chi connectivity index (χ3n) is 3.88. The van der Waals surface area contributed by atoms with E-state index in [2.05, 4.69) is 10.6 Å². The molecule has 1 atom stereocenters. The Bertz CT molecular complexity index is 853. The molecular formula is C17H18ClN3O7. The molecule has 0 radical (unpaired) electrons. The number of hydrogen-bond acceptors (Lipinski definition) is 7. The Hall–Kier alpha value is -3.14. The summed E-state index contributed by atoms with van der Waals surface area (Å²) in [6.45, 7) is 3.14. The number of nitrogens with zero attached hydrogens (tertiary/aromatic N) is 1. The third kappa shape index (κ3) is 4.77. The summed E-state index contributed by atoms with van der Waals surface area (Å²) in [7, 11) is 0. The van der Waals surface area contributed by atoms with Gasteiger partial charge in [0.15, 0.2) is 0 Å². The zero-order valence-electron chi connectivity index (χ0n) is 15.1. The van der Waals surface area contributed by atoms with Gasteiger partial charge < -0.3 is 20.1 Å². The summed E-state index contributed by atoms with van der Waals surface area (Å²) in [6, 6.07) is 2.18. The molecule has 0 unspecified atom stereocenters. The van der Waals surface area contributed by atoms with Crippen LogP contribution in [0.25, 0.3) is 0 Å². The van der Waals surface area contributed by atoms with Gasteiger partial charge >= 0.3 is 18.0 Å². The second-order valence-electron chi connectivity index (χ2n) is 5.67. The molecular weight excluding hydrogens is 394 g/mol. The van der Waals surface area contributed by atoms with Crippen LogP contribution in [0.15, 0.2) is 29.5 Å². The van der Waals surface area contributed by atoms with Gasteiger partial charge in [0.2, 0.25) is 0 Å². The second kappa shape index (κ2) is 9.18. The number of urea groups is 1. The topological polar surface area (TPSA) is 137 Å². The van der Waals surface area contributed by atoms with Crippen molar-refractivity contribution >= 4 is 35.3 Å². The summed E-state index contributed by atoms with van der Waals surface area (Å²) in [5.41, 5.74) is -0.102. The second-order valence-corrected chi connectivity index (χ2v) is 6.08. The number of ether oxygens (including phenoxy) is 2. The molecule has 11 heteroatoms. The van der Waals surface area contributed by atoms with Crippen LogP contribution in [0.1, 0.15) is 30.6 Å². The molecule has 1 aliphatic heterocycles. The van der Waals surface area contributed by atoms with Crippen LogP contribution in [0.4, 0.5) is 10.5 Å². The lowest BCUT2D eigenvalue weighted by molar-refractivity contribution is -0.384. The standard InChI is InChI=1S/C17H18ClN3O7/c1-3-12-14(16(23)27-4-2)13(20-17(24)19-12)8-28-15(22)10-6-5-9(21(25)26)7-11(10)18/h5-7,12H,3-4,8H2,1-2H3,(H2,19,20,24)/t12-/m1/s1. The van der Waals surface area contributed by atoms with Crippen LogP contribution in [0.2, 0.25) is 5.02 Å². The predicted molar refractivity (Wildman–Crippen MR) is 97.8 cm³/mol. The Labute approximate surface area is 165 Å². The van der Waals surface area contributed by atoms with E-state index < -0.39 is 35.5 Å². The van der Waals surface area contributed by atoms with Crippen molar-refractivity contribution in [2.75, 3.05) is 13.2 Å². The Kier molecular flexibility index (Phi) is 6.94. The number of carbonyl (C=O) groups is 3. The zero-order valence-corrected chi connectivity index (χ0v) is 15.9. The quantitative estimate of drug-likeness (QED) is 0.399. The summed E-state index contributed by atoms with van der Waals surface area (Å²) in [5.74, 6) is -1.50. The predicted octanol–water partition coefficient (Wildman–Crippen LogP) is 2.31. The summed E-state index contributed by atoms with van der Waals surface area (Å²) >= 11 is 5.91. The first-order valence-corrected chi connectivity index (χ1v) is 8.75. The normalized spacial score (nSPS) is 16.1. The number of rotatable bonds is 7. The average Bonchev–Trinajstić information content (AvgIpc) is 2.65. The molecule has 1 aromatic carbocycles. The van der Waals surface area contributed by atoms with Crippen molar-refractivity contribution < 1.29 is 28.8 Å². The van der Waals surface area contributed by atoms with Crippen molar-refractivity contribution in [1.82, 2.24) is 10.6 Å². The molecule has 1 aromatic rings. The molecule has 0 spiro atoms. The maximum Gasteiger partial charge on any atom is 0.340 e.